The lowest BCUT2D eigenvalue weighted by molar-refractivity contribution is -0.138. The van der Waals surface area contributed by atoms with Crippen molar-refractivity contribution in [3.63, 3.8) is 0 Å². The van der Waals surface area contributed by atoms with Gasteiger partial charge in [0.15, 0.2) is 0 Å². The quantitative estimate of drug-likeness (QED) is 0.569. The molecule has 0 saturated heterocycles. The van der Waals surface area contributed by atoms with Gasteiger partial charge in [0, 0.05) is 6.54 Å². The molecule has 0 aliphatic heterocycles. The number of carboxylic acids is 1. The highest BCUT2D eigenvalue weighted by molar-refractivity contribution is 5.72. The van der Waals surface area contributed by atoms with Gasteiger partial charge < -0.3 is 10.8 Å². The van der Waals surface area contributed by atoms with Crippen LogP contribution in [0.1, 0.15) is 6.42 Å². The highest BCUT2D eigenvalue weighted by atomic mass is 16.4. The van der Waals surface area contributed by atoms with Crippen LogP contribution in [0, 0.1) is 0 Å². The normalized spacial score (nSPS) is 12.8. The zero-order chi connectivity index (χ0) is 8.97. The van der Waals surface area contributed by atoms with Crippen LogP contribution in [0.2, 0.25) is 0 Å². The standard InChI is InChI=1S/C5H9N5O2/c6-4(5(11)12)1-2-10-3-7-8-9-10/h3-4H,1-2,6H2,(H,11,12)/t4-/m1/s1. The van der Waals surface area contributed by atoms with E-state index in [1.54, 1.807) is 0 Å². The smallest absolute Gasteiger partial charge is 0.320 e. The minimum atomic E-state index is -1.01. The molecule has 0 saturated carbocycles. The van der Waals surface area contributed by atoms with Crippen molar-refractivity contribution in [2.24, 2.45) is 5.73 Å². The highest BCUT2D eigenvalue weighted by Crippen LogP contribution is 1.91. The predicted molar refractivity (Wildman–Crippen MR) is 38.0 cm³/mol. The van der Waals surface area contributed by atoms with E-state index in [-0.39, 0.29) is 0 Å². The summed E-state index contributed by atoms with van der Waals surface area (Å²) in [6, 6.07) is -0.853. The Bertz CT molecular complexity index is 246. The SMILES string of the molecule is N[C@H](CCn1cnnn1)C(=O)O. The van der Waals surface area contributed by atoms with Crippen LogP contribution in [-0.2, 0) is 11.3 Å². The summed E-state index contributed by atoms with van der Waals surface area (Å²) in [5.74, 6) is -1.01. The van der Waals surface area contributed by atoms with E-state index in [9.17, 15) is 4.79 Å². The first-order chi connectivity index (χ1) is 5.70. The van der Waals surface area contributed by atoms with Gasteiger partial charge in [0.2, 0.25) is 0 Å². The van der Waals surface area contributed by atoms with E-state index in [1.807, 2.05) is 0 Å². The number of nitrogens with zero attached hydrogens (tertiary/aromatic N) is 4. The van der Waals surface area contributed by atoms with E-state index in [2.05, 4.69) is 15.5 Å². The van der Waals surface area contributed by atoms with E-state index in [0.717, 1.165) is 0 Å². The van der Waals surface area contributed by atoms with Crippen molar-refractivity contribution >= 4 is 5.97 Å². The molecule has 66 valence electrons. The van der Waals surface area contributed by atoms with Crippen molar-refractivity contribution in [3.8, 4) is 0 Å². The van der Waals surface area contributed by atoms with Crippen molar-refractivity contribution < 1.29 is 9.90 Å². The minimum absolute atomic E-state index is 0.320. The number of aliphatic carboxylic acids is 1. The molecule has 0 radical (unpaired) electrons. The van der Waals surface area contributed by atoms with Crippen LogP contribution in [0.15, 0.2) is 6.33 Å². The summed E-state index contributed by atoms with van der Waals surface area (Å²) in [5, 5.41) is 18.8. The lowest BCUT2D eigenvalue weighted by atomic mass is 10.2. The monoisotopic (exact) mass is 171 g/mol. The average molecular weight is 171 g/mol. The fourth-order valence-electron chi connectivity index (χ4n) is 0.678. The Balaban J connectivity index is 2.31. The van der Waals surface area contributed by atoms with Gasteiger partial charge in [0.25, 0.3) is 0 Å². The largest absolute Gasteiger partial charge is 0.480 e. The number of aryl methyl sites for hydroxylation is 1. The van der Waals surface area contributed by atoms with Gasteiger partial charge in [-0.25, -0.2) is 4.68 Å². The van der Waals surface area contributed by atoms with Gasteiger partial charge in [-0.2, -0.15) is 0 Å². The van der Waals surface area contributed by atoms with E-state index in [0.29, 0.717) is 13.0 Å². The first-order valence-corrected chi connectivity index (χ1v) is 3.39. The van der Waals surface area contributed by atoms with Gasteiger partial charge in [-0.15, -0.1) is 5.10 Å². The van der Waals surface area contributed by atoms with Crippen molar-refractivity contribution in [2.75, 3.05) is 0 Å². The Kier molecular flexibility index (Phi) is 2.70. The van der Waals surface area contributed by atoms with Gasteiger partial charge in [-0.05, 0) is 16.8 Å². The van der Waals surface area contributed by atoms with Gasteiger partial charge in [0.05, 0.1) is 0 Å². The predicted octanol–water partition coefficient (Wildman–Crippen LogP) is -1.52. The fourth-order valence-corrected chi connectivity index (χ4v) is 0.678. The molecule has 0 bridgehead atoms. The molecule has 0 aromatic carbocycles. The molecule has 0 amide bonds. The molecule has 0 fully saturated rings. The molecule has 3 N–H and O–H groups in total. The lowest BCUT2D eigenvalue weighted by Crippen LogP contribution is -2.31. The molecule has 7 nitrogen and oxygen atoms in total. The molecule has 0 unspecified atom stereocenters. The average Bonchev–Trinajstić information content (AvgIpc) is 2.51. The van der Waals surface area contributed by atoms with Crippen LogP contribution in [0.25, 0.3) is 0 Å². The zero-order valence-electron chi connectivity index (χ0n) is 6.29. The van der Waals surface area contributed by atoms with Gasteiger partial charge in [-0.1, -0.05) is 0 Å². The Morgan fingerprint density at radius 1 is 1.75 bits per heavy atom. The second kappa shape index (κ2) is 3.77. The molecule has 1 heterocycles. The van der Waals surface area contributed by atoms with Crippen LogP contribution in [0.5, 0.6) is 0 Å². The Hall–Kier alpha value is -1.50. The fraction of sp³-hybridized carbons (Fsp3) is 0.600. The third kappa shape index (κ3) is 2.27. The number of hydrogen-bond acceptors (Lipinski definition) is 5. The molecule has 1 rings (SSSR count). The number of tetrazole rings is 1. The molecule has 1 aromatic rings. The summed E-state index contributed by atoms with van der Waals surface area (Å²) < 4.78 is 1.43. The van der Waals surface area contributed by atoms with Crippen LogP contribution in [-0.4, -0.2) is 37.3 Å². The van der Waals surface area contributed by atoms with Crippen LogP contribution in [0.3, 0.4) is 0 Å². The second-order valence-electron chi connectivity index (χ2n) is 2.31. The van der Waals surface area contributed by atoms with Crippen LogP contribution < -0.4 is 5.73 Å². The number of hydrogen-bond donors (Lipinski definition) is 2. The molecule has 7 heteroatoms. The van der Waals surface area contributed by atoms with Gasteiger partial charge in [-0.3, -0.25) is 4.79 Å². The molecule has 1 aromatic heterocycles. The molecular weight excluding hydrogens is 162 g/mol. The summed E-state index contributed by atoms with van der Waals surface area (Å²) in [5.41, 5.74) is 5.25. The summed E-state index contributed by atoms with van der Waals surface area (Å²) in [4.78, 5) is 10.3. The second-order valence-corrected chi connectivity index (χ2v) is 2.31. The first kappa shape index (κ1) is 8.60. The molecule has 0 aliphatic rings. The number of rotatable bonds is 4. The third-order valence-corrected chi connectivity index (χ3v) is 1.38. The summed E-state index contributed by atoms with van der Waals surface area (Å²) >= 11 is 0. The molecular formula is C5H9N5O2. The maximum absolute atomic E-state index is 10.3. The summed E-state index contributed by atoms with van der Waals surface area (Å²) in [7, 11) is 0. The van der Waals surface area contributed by atoms with Crippen LogP contribution >= 0.6 is 0 Å². The topological polar surface area (TPSA) is 107 Å². The van der Waals surface area contributed by atoms with Crippen LogP contribution in [0.4, 0.5) is 0 Å². The molecule has 1 atom stereocenters. The maximum Gasteiger partial charge on any atom is 0.320 e. The van der Waals surface area contributed by atoms with Gasteiger partial charge >= 0.3 is 5.97 Å². The minimum Gasteiger partial charge on any atom is -0.480 e. The Labute approximate surface area is 68.2 Å². The van der Waals surface area contributed by atoms with Crippen molar-refractivity contribution in [1.29, 1.82) is 0 Å². The van der Waals surface area contributed by atoms with Crippen molar-refractivity contribution in [3.05, 3.63) is 6.33 Å². The number of aromatic nitrogens is 4. The molecule has 0 spiro atoms. The maximum atomic E-state index is 10.3. The number of nitrogens with two attached hydrogens (primary N) is 1. The number of carbonyl (C=O) groups is 1. The van der Waals surface area contributed by atoms with Crippen molar-refractivity contribution in [1.82, 2.24) is 20.2 Å². The van der Waals surface area contributed by atoms with E-state index >= 15 is 0 Å². The van der Waals surface area contributed by atoms with Gasteiger partial charge in [0.1, 0.15) is 12.4 Å². The summed E-state index contributed by atoms with van der Waals surface area (Å²) in [6.45, 7) is 0.417. The molecule has 12 heavy (non-hydrogen) atoms. The first-order valence-electron chi connectivity index (χ1n) is 3.39. The summed E-state index contributed by atoms with van der Waals surface area (Å²) in [6.07, 6.45) is 1.73. The molecule has 0 aliphatic carbocycles. The zero-order valence-corrected chi connectivity index (χ0v) is 6.29. The number of carboxylic acid groups (broad SMARTS) is 1. The highest BCUT2D eigenvalue weighted by Gasteiger charge is 2.10. The Morgan fingerprint density at radius 2 is 2.50 bits per heavy atom. The lowest BCUT2D eigenvalue weighted by Gasteiger charge is -2.03. The third-order valence-electron chi connectivity index (χ3n) is 1.38. The Morgan fingerprint density at radius 3 is 3.00 bits per heavy atom. The van der Waals surface area contributed by atoms with E-state index < -0.39 is 12.0 Å². The van der Waals surface area contributed by atoms with Crippen molar-refractivity contribution in [2.45, 2.75) is 19.0 Å². The van der Waals surface area contributed by atoms with E-state index in [4.69, 9.17) is 10.8 Å². The van der Waals surface area contributed by atoms with E-state index in [1.165, 1.54) is 11.0 Å².